The highest BCUT2D eigenvalue weighted by Crippen LogP contribution is 2.26. The van der Waals surface area contributed by atoms with Crippen LogP contribution in [0.15, 0.2) is 84.9 Å². The van der Waals surface area contributed by atoms with Crippen molar-refractivity contribution in [2.45, 2.75) is 13.8 Å². The van der Waals surface area contributed by atoms with Crippen molar-refractivity contribution in [2.24, 2.45) is 0 Å². The first-order chi connectivity index (χ1) is 18.5. The van der Waals surface area contributed by atoms with E-state index < -0.39 is 0 Å². The minimum atomic E-state index is 0.0322. The van der Waals surface area contributed by atoms with E-state index in [-0.39, 0.29) is 5.91 Å². The molecule has 0 radical (unpaired) electrons. The minimum absolute atomic E-state index is 0.0322. The highest BCUT2D eigenvalue weighted by atomic mass is 16.2. The van der Waals surface area contributed by atoms with Gasteiger partial charge in [-0.1, -0.05) is 36.4 Å². The molecule has 5 aromatic rings. The molecule has 38 heavy (non-hydrogen) atoms. The molecule has 1 saturated heterocycles. The van der Waals surface area contributed by atoms with Gasteiger partial charge in [0.1, 0.15) is 0 Å². The van der Waals surface area contributed by atoms with Gasteiger partial charge in [-0.15, -0.1) is 0 Å². The van der Waals surface area contributed by atoms with Gasteiger partial charge >= 0.3 is 0 Å². The molecule has 1 N–H and O–H groups in total. The number of hydrogen-bond donors (Lipinski definition) is 1. The molecular formula is C30H29N7O. The van der Waals surface area contributed by atoms with Crippen molar-refractivity contribution in [2.75, 3.05) is 36.4 Å². The molecule has 8 heteroatoms. The Bertz CT molecular complexity index is 1600. The summed E-state index contributed by atoms with van der Waals surface area (Å²) in [4.78, 5) is 27.4. The number of aromatic nitrogens is 4. The highest BCUT2D eigenvalue weighted by molar-refractivity contribution is 5.95. The van der Waals surface area contributed by atoms with E-state index in [0.717, 1.165) is 41.2 Å². The number of rotatable bonds is 5. The van der Waals surface area contributed by atoms with Crippen molar-refractivity contribution in [1.29, 1.82) is 0 Å². The van der Waals surface area contributed by atoms with Gasteiger partial charge in [-0.2, -0.15) is 5.10 Å². The molecule has 0 atom stereocenters. The third kappa shape index (κ3) is 4.68. The minimum Gasteiger partial charge on any atom is -0.368 e. The second kappa shape index (κ2) is 9.97. The van der Waals surface area contributed by atoms with Gasteiger partial charge in [0.15, 0.2) is 11.6 Å². The van der Waals surface area contributed by atoms with Crippen LogP contribution in [0, 0.1) is 13.8 Å². The summed E-state index contributed by atoms with van der Waals surface area (Å²) in [6.07, 6.45) is 0. The zero-order chi connectivity index (χ0) is 26.1. The maximum atomic E-state index is 13.4. The Balaban J connectivity index is 1.25. The van der Waals surface area contributed by atoms with Crippen molar-refractivity contribution in [3.05, 3.63) is 102 Å². The van der Waals surface area contributed by atoms with Crippen LogP contribution >= 0.6 is 0 Å². The lowest BCUT2D eigenvalue weighted by Crippen LogP contribution is -2.48. The Hall–Kier alpha value is -4.72. The summed E-state index contributed by atoms with van der Waals surface area (Å²) in [5.74, 6) is 1.23. The number of nitrogens with zero attached hydrogens (tertiary/aromatic N) is 6. The van der Waals surface area contributed by atoms with Crippen LogP contribution in [0.4, 0.5) is 17.2 Å². The fourth-order valence-corrected chi connectivity index (χ4v) is 4.92. The van der Waals surface area contributed by atoms with Crippen molar-refractivity contribution in [3.8, 4) is 5.82 Å². The molecule has 0 saturated carbocycles. The van der Waals surface area contributed by atoms with Gasteiger partial charge < -0.3 is 15.1 Å². The zero-order valence-corrected chi connectivity index (χ0v) is 21.5. The molecule has 1 aliphatic rings. The predicted octanol–water partition coefficient (Wildman–Crippen LogP) is 5.14. The summed E-state index contributed by atoms with van der Waals surface area (Å²) in [6, 6.07) is 27.7. The molecule has 1 amide bonds. The molecule has 2 aromatic heterocycles. The molecule has 3 aromatic carbocycles. The predicted molar refractivity (Wildman–Crippen MR) is 150 cm³/mol. The van der Waals surface area contributed by atoms with Gasteiger partial charge in [0, 0.05) is 48.8 Å². The fraction of sp³-hybridized carbons (Fsp3) is 0.200. The number of hydrogen-bond acceptors (Lipinski definition) is 6. The van der Waals surface area contributed by atoms with Crippen LogP contribution in [0.5, 0.6) is 0 Å². The van der Waals surface area contributed by atoms with Gasteiger partial charge in [0.2, 0.25) is 0 Å². The summed E-state index contributed by atoms with van der Waals surface area (Å²) >= 11 is 0. The topological polar surface area (TPSA) is 79.2 Å². The van der Waals surface area contributed by atoms with Crippen molar-refractivity contribution in [1.82, 2.24) is 24.6 Å². The molecule has 1 aliphatic heterocycles. The van der Waals surface area contributed by atoms with Crippen LogP contribution in [-0.4, -0.2) is 56.7 Å². The van der Waals surface area contributed by atoms with Gasteiger partial charge in [-0.05, 0) is 62.4 Å². The molecule has 0 unspecified atom stereocenters. The van der Waals surface area contributed by atoms with Crippen LogP contribution < -0.4 is 10.2 Å². The first-order valence-electron chi connectivity index (χ1n) is 12.8. The van der Waals surface area contributed by atoms with E-state index in [0.29, 0.717) is 30.3 Å². The number of carbonyl (C=O) groups excluding carboxylic acids is 1. The Morgan fingerprint density at radius 1 is 0.789 bits per heavy atom. The lowest BCUT2D eigenvalue weighted by atomic mass is 10.1. The SMILES string of the molecule is Cc1cc(C)n(-c2nc3ccccc3nc2Nc2cccc(C(=O)N3CCN(c4ccccc4)CC3)c2)n1. The summed E-state index contributed by atoms with van der Waals surface area (Å²) < 4.78 is 1.80. The number of piperazine rings is 1. The molecule has 190 valence electrons. The van der Waals surface area contributed by atoms with Crippen LogP contribution in [0.25, 0.3) is 16.9 Å². The Morgan fingerprint density at radius 2 is 1.50 bits per heavy atom. The maximum absolute atomic E-state index is 13.4. The van der Waals surface area contributed by atoms with E-state index in [4.69, 9.17) is 9.97 Å². The van der Waals surface area contributed by atoms with Crippen LogP contribution in [-0.2, 0) is 0 Å². The van der Waals surface area contributed by atoms with E-state index in [9.17, 15) is 4.79 Å². The molecule has 3 heterocycles. The summed E-state index contributed by atoms with van der Waals surface area (Å²) in [7, 11) is 0. The first-order valence-corrected chi connectivity index (χ1v) is 12.8. The van der Waals surface area contributed by atoms with Crippen LogP contribution in [0.3, 0.4) is 0 Å². The fourth-order valence-electron chi connectivity index (χ4n) is 4.92. The molecule has 0 aliphatic carbocycles. The van der Waals surface area contributed by atoms with E-state index in [2.05, 4.69) is 27.4 Å². The Kier molecular flexibility index (Phi) is 6.21. The van der Waals surface area contributed by atoms with E-state index in [1.807, 2.05) is 91.5 Å². The van der Waals surface area contributed by atoms with E-state index in [1.165, 1.54) is 5.69 Å². The summed E-state index contributed by atoms with van der Waals surface area (Å²) in [6.45, 7) is 6.95. The van der Waals surface area contributed by atoms with Crippen molar-refractivity contribution < 1.29 is 4.79 Å². The van der Waals surface area contributed by atoms with Crippen LogP contribution in [0.2, 0.25) is 0 Å². The standard InChI is InChI=1S/C30H29N7O/c1-21-19-22(2)37(34-21)29-28(32-26-13-6-7-14-27(26)33-29)31-24-10-8-9-23(20-24)30(38)36-17-15-35(16-18-36)25-11-4-3-5-12-25/h3-14,19-20H,15-18H2,1-2H3,(H,31,32). The molecule has 0 bridgehead atoms. The van der Waals surface area contributed by atoms with Gasteiger partial charge in [0.25, 0.3) is 5.91 Å². The Labute approximate surface area is 221 Å². The van der Waals surface area contributed by atoms with E-state index >= 15 is 0 Å². The lowest BCUT2D eigenvalue weighted by Gasteiger charge is -2.36. The monoisotopic (exact) mass is 503 g/mol. The number of benzene rings is 3. The second-order valence-electron chi connectivity index (χ2n) is 9.54. The summed E-state index contributed by atoms with van der Waals surface area (Å²) in [5.41, 5.74) is 6.05. The number of fused-ring (bicyclic) bond motifs is 1. The van der Waals surface area contributed by atoms with Gasteiger partial charge in [-0.3, -0.25) is 4.79 Å². The average molecular weight is 504 g/mol. The molecular weight excluding hydrogens is 474 g/mol. The molecule has 0 spiro atoms. The first kappa shape index (κ1) is 23.7. The normalized spacial score (nSPS) is 13.6. The smallest absolute Gasteiger partial charge is 0.254 e. The quantitative estimate of drug-likeness (QED) is 0.358. The second-order valence-corrected chi connectivity index (χ2v) is 9.54. The largest absolute Gasteiger partial charge is 0.368 e. The zero-order valence-electron chi connectivity index (χ0n) is 21.5. The third-order valence-corrected chi connectivity index (χ3v) is 6.82. The van der Waals surface area contributed by atoms with Crippen molar-refractivity contribution >= 4 is 34.1 Å². The maximum Gasteiger partial charge on any atom is 0.254 e. The number of para-hydroxylation sites is 3. The van der Waals surface area contributed by atoms with Crippen molar-refractivity contribution in [3.63, 3.8) is 0 Å². The Morgan fingerprint density at radius 3 is 2.21 bits per heavy atom. The molecule has 1 fully saturated rings. The summed E-state index contributed by atoms with van der Waals surface area (Å²) in [5, 5.41) is 8.05. The third-order valence-electron chi connectivity index (χ3n) is 6.82. The van der Waals surface area contributed by atoms with E-state index in [1.54, 1.807) is 4.68 Å². The average Bonchev–Trinajstić information content (AvgIpc) is 3.30. The number of amides is 1. The number of aryl methyl sites for hydroxylation is 2. The number of nitrogens with one attached hydrogen (secondary N) is 1. The lowest BCUT2D eigenvalue weighted by molar-refractivity contribution is 0.0747. The number of anilines is 3. The van der Waals surface area contributed by atoms with Gasteiger partial charge in [-0.25, -0.2) is 14.6 Å². The highest BCUT2D eigenvalue weighted by Gasteiger charge is 2.23. The molecule has 8 nitrogen and oxygen atoms in total. The molecule has 6 rings (SSSR count). The number of carbonyl (C=O) groups is 1. The van der Waals surface area contributed by atoms with Crippen LogP contribution in [0.1, 0.15) is 21.7 Å². The van der Waals surface area contributed by atoms with Gasteiger partial charge in [0.05, 0.1) is 16.7 Å².